The lowest BCUT2D eigenvalue weighted by Crippen LogP contribution is -2.50. The number of nitrogens with zero attached hydrogens (tertiary/aromatic N) is 2. The molecule has 0 bridgehead atoms. The molecule has 1 heterocycles. The van der Waals surface area contributed by atoms with E-state index in [4.69, 9.17) is 0 Å². The first kappa shape index (κ1) is 19.6. The highest BCUT2D eigenvalue weighted by Gasteiger charge is 2.33. The molecule has 5 nitrogen and oxygen atoms in total. The molecule has 1 aliphatic carbocycles. The van der Waals surface area contributed by atoms with Crippen LogP contribution in [-0.4, -0.2) is 54.3 Å². The zero-order valence-electron chi connectivity index (χ0n) is 16.1. The van der Waals surface area contributed by atoms with E-state index in [1.54, 1.807) is 6.08 Å². The van der Waals surface area contributed by atoms with Crippen molar-refractivity contribution in [3.05, 3.63) is 48.6 Å². The highest BCUT2D eigenvalue weighted by Crippen LogP contribution is 2.30. The predicted molar refractivity (Wildman–Crippen MR) is 107 cm³/mol. The molecule has 0 aromatic heterocycles. The maximum atomic E-state index is 12.9. The number of amides is 2. The second-order valence-electron chi connectivity index (χ2n) is 7.67. The van der Waals surface area contributed by atoms with Crippen LogP contribution >= 0.6 is 0 Å². The van der Waals surface area contributed by atoms with Crippen LogP contribution in [0.5, 0.6) is 0 Å². The fourth-order valence-electron chi connectivity index (χ4n) is 4.15. The van der Waals surface area contributed by atoms with Crippen molar-refractivity contribution in [1.82, 2.24) is 15.1 Å². The maximum Gasteiger partial charge on any atom is 0.225 e. The Morgan fingerprint density at radius 1 is 1.00 bits per heavy atom. The molecule has 5 heteroatoms. The first-order valence-electron chi connectivity index (χ1n) is 10.1. The molecule has 0 radical (unpaired) electrons. The van der Waals surface area contributed by atoms with Crippen LogP contribution in [0.3, 0.4) is 0 Å². The van der Waals surface area contributed by atoms with Crippen LogP contribution in [-0.2, 0) is 16.1 Å². The predicted octanol–water partition coefficient (Wildman–Crippen LogP) is 2.44. The normalized spacial score (nSPS) is 23.6. The molecule has 2 fully saturated rings. The highest BCUT2D eigenvalue weighted by molar-refractivity contribution is 5.81. The second kappa shape index (κ2) is 9.70. The first-order valence-corrected chi connectivity index (χ1v) is 10.1. The molecule has 2 amide bonds. The molecule has 3 rings (SSSR count). The second-order valence-corrected chi connectivity index (χ2v) is 7.67. The number of rotatable bonds is 6. The molecule has 1 saturated carbocycles. The molecule has 2 aliphatic rings. The molecule has 146 valence electrons. The number of benzene rings is 1. The summed E-state index contributed by atoms with van der Waals surface area (Å²) in [5, 5.41) is 2.88. The third kappa shape index (κ3) is 5.42. The Labute approximate surface area is 162 Å². The van der Waals surface area contributed by atoms with Crippen LogP contribution in [0, 0.1) is 11.8 Å². The van der Waals surface area contributed by atoms with Gasteiger partial charge < -0.3 is 10.2 Å². The first-order chi connectivity index (χ1) is 13.2. The number of hydrogen-bond acceptors (Lipinski definition) is 3. The molecule has 1 saturated heterocycles. The van der Waals surface area contributed by atoms with Crippen LogP contribution in [0.25, 0.3) is 0 Å². The Kier molecular flexibility index (Phi) is 7.04. The molecule has 0 atom stereocenters. The van der Waals surface area contributed by atoms with Gasteiger partial charge in [0.25, 0.3) is 0 Å². The van der Waals surface area contributed by atoms with E-state index in [-0.39, 0.29) is 17.7 Å². The van der Waals surface area contributed by atoms with Gasteiger partial charge in [-0.1, -0.05) is 36.4 Å². The molecule has 1 aromatic carbocycles. The van der Waals surface area contributed by atoms with Crippen LogP contribution in [0.2, 0.25) is 0 Å². The molecule has 1 N–H and O–H groups in total. The standard InChI is InChI=1S/C22H31N3O2/c1-2-12-23-21(26)19-8-10-20(11-9-19)22(27)25-15-13-24(14-16-25)17-18-6-4-3-5-7-18/h2-7,19-20H,1,8-17H2,(H,23,26). The molecule has 0 unspecified atom stereocenters. The van der Waals surface area contributed by atoms with E-state index in [1.165, 1.54) is 5.56 Å². The summed E-state index contributed by atoms with van der Waals surface area (Å²) in [6, 6.07) is 10.5. The summed E-state index contributed by atoms with van der Waals surface area (Å²) in [6.07, 6.45) is 4.98. The van der Waals surface area contributed by atoms with Crippen LogP contribution in [0.4, 0.5) is 0 Å². The van der Waals surface area contributed by atoms with E-state index in [2.05, 4.69) is 41.1 Å². The van der Waals surface area contributed by atoms with Crippen LogP contribution in [0.15, 0.2) is 43.0 Å². The van der Waals surface area contributed by atoms with E-state index in [1.807, 2.05) is 11.0 Å². The SMILES string of the molecule is C=CCNC(=O)C1CCC(C(=O)N2CCN(Cc3ccccc3)CC2)CC1. The summed E-state index contributed by atoms with van der Waals surface area (Å²) < 4.78 is 0. The van der Waals surface area contributed by atoms with Gasteiger partial charge in [-0.3, -0.25) is 14.5 Å². The third-order valence-corrected chi connectivity index (χ3v) is 5.80. The van der Waals surface area contributed by atoms with Gasteiger partial charge in [-0.25, -0.2) is 0 Å². The van der Waals surface area contributed by atoms with Crippen molar-refractivity contribution in [3.8, 4) is 0 Å². The van der Waals surface area contributed by atoms with Crippen molar-refractivity contribution >= 4 is 11.8 Å². The topological polar surface area (TPSA) is 52.7 Å². The number of nitrogens with one attached hydrogen (secondary N) is 1. The van der Waals surface area contributed by atoms with Gasteiger partial charge in [-0.2, -0.15) is 0 Å². The van der Waals surface area contributed by atoms with E-state index in [0.717, 1.165) is 58.4 Å². The van der Waals surface area contributed by atoms with E-state index >= 15 is 0 Å². The minimum absolute atomic E-state index is 0.0525. The molecule has 27 heavy (non-hydrogen) atoms. The smallest absolute Gasteiger partial charge is 0.225 e. The summed E-state index contributed by atoms with van der Waals surface area (Å²) in [5.74, 6) is 0.542. The Morgan fingerprint density at radius 3 is 2.26 bits per heavy atom. The largest absolute Gasteiger partial charge is 0.352 e. The minimum atomic E-state index is 0.0525. The van der Waals surface area contributed by atoms with Crippen molar-refractivity contribution in [2.45, 2.75) is 32.2 Å². The fourth-order valence-corrected chi connectivity index (χ4v) is 4.15. The summed E-state index contributed by atoms with van der Waals surface area (Å²) in [7, 11) is 0. The Morgan fingerprint density at radius 2 is 1.63 bits per heavy atom. The number of hydrogen-bond donors (Lipinski definition) is 1. The van der Waals surface area contributed by atoms with Crippen molar-refractivity contribution in [1.29, 1.82) is 0 Å². The zero-order chi connectivity index (χ0) is 19.1. The van der Waals surface area contributed by atoms with Gasteiger partial charge in [0, 0.05) is 51.1 Å². The van der Waals surface area contributed by atoms with E-state index in [0.29, 0.717) is 12.5 Å². The summed E-state index contributed by atoms with van der Waals surface area (Å²) in [5.41, 5.74) is 1.32. The molecule has 1 aromatic rings. The van der Waals surface area contributed by atoms with Crippen LogP contribution in [0.1, 0.15) is 31.2 Å². The summed E-state index contributed by atoms with van der Waals surface area (Å²) in [6.45, 7) is 8.58. The Hall–Kier alpha value is -2.14. The maximum absolute atomic E-state index is 12.9. The molecular formula is C22H31N3O2. The summed E-state index contributed by atoms with van der Waals surface area (Å²) in [4.78, 5) is 29.4. The van der Waals surface area contributed by atoms with Gasteiger partial charge in [0.1, 0.15) is 0 Å². The van der Waals surface area contributed by atoms with Gasteiger partial charge in [0.2, 0.25) is 11.8 Å². The monoisotopic (exact) mass is 369 g/mol. The molecule has 1 aliphatic heterocycles. The molecule has 0 spiro atoms. The minimum Gasteiger partial charge on any atom is -0.352 e. The average molecular weight is 370 g/mol. The summed E-state index contributed by atoms with van der Waals surface area (Å²) >= 11 is 0. The van der Waals surface area contributed by atoms with Crippen molar-refractivity contribution in [3.63, 3.8) is 0 Å². The third-order valence-electron chi connectivity index (χ3n) is 5.80. The molecular weight excluding hydrogens is 338 g/mol. The number of carbonyl (C=O) groups excluding carboxylic acids is 2. The van der Waals surface area contributed by atoms with Gasteiger partial charge in [-0.05, 0) is 31.2 Å². The van der Waals surface area contributed by atoms with Gasteiger partial charge >= 0.3 is 0 Å². The van der Waals surface area contributed by atoms with Crippen molar-refractivity contribution < 1.29 is 9.59 Å². The average Bonchev–Trinajstić information content (AvgIpc) is 2.73. The van der Waals surface area contributed by atoms with E-state index in [9.17, 15) is 9.59 Å². The Bertz CT molecular complexity index is 630. The highest BCUT2D eigenvalue weighted by atomic mass is 16.2. The number of piperazine rings is 1. The zero-order valence-corrected chi connectivity index (χ0v) is 16.1. The van der Waals surface area contributed by atoms with E-state index < -0.39 is 0 Å². The lowest BCUT2D eigenvalue weighted by molar-refractivity contribution is -0.140. The quantitative estimate of drug-likeness (QED) is 0.784. The lowest BCUT2D eigenvalue weighted by atomic mass is 9.81. The van der Waals surface area contributed by atoms with Gasteiger partial charge in [-0.15, -0.1) is 6.58 Å². The van der Waals surface area contributed by atoms with Crippen molar-refractivity contribution in [2.24, 2.45) is 11.8 Å². The number of carbonyl (C=O) groups is 2. The van der Waals surface area contributed by atoms with Crippen molar-refractivity contribution in [2.75, 3.05) is 32.7 Å². The Balaban J connectivity index is 1.41. The van der Waals surface area contributed by atoms with Gasteiger partial charge in [0.15, 0.2) is 0 Å². The van der Waals surface area contributed by atoms with Gasteiger partial charge in [0.05, 0.1) is 0 Å². The van der Waals surface area contributed by atoms with Crippen LogP contribution < -0.4 is 5.32 Å². The fraction of sp³-hybridized carbons (Fsp3) is 0.545. The lowest BCUT2D eigenvalue weighted by Gasteiger charge is -2.37.